The first-order valence-electron chi connectivity index (χ1n) is 6.24. The van der Waals surface area contributed by atoms with Crippen molar-refractivity contribution in [2.24, 2.45) is 0 Å². The maximum absolute atomic E-state index is 5.96. The van der Waals surface area contributed by atoms with E-state index >= 15 is 0 Å². The van der Waals surface area contributed by atoms with Crippen LogP contribution in [0.4, 0.5) is 0 Å². The molecule has 1 N–H and O–H groups in total. The summed E-state index contributed by atoms with van der Waals surface area (Å²) in [6.07, 6.45) is 9.42. The quantitative estimate of drug-likeness (QED) is 0.680. The molecule has 2 rings (SSSR count). The number of aromatic nitrogens is 1. The van der Waals surface area contributed by atoms with Crippen molar-refractivity contribution >= 4 is 28.6 Å². The monoisotopic (exact) mass is 247 g/mol. The van der Waals surface area contributed by atoms with Crippen molar-refractivity contribution in [3.63, 3.8) is 0 Å². The van der Waals surface area contributed by atoms with E-state index in [0.717, 1.165) is 22.7 Å². The van der Waals surface area contributed by atoms with Gasteiger partial charge in [0.1, 0.15) is 0 Å². The summed E-state index contributed by atoms with van der Waals surface area (Å²) >= 11 is 5.96. The molecule has 2 aromatic rings. The molecule has 1 aromatic heterocycles. The van der Waals surface area contributed by atoms with E-state index in [9.17, 15) is 0 Å². The first-order valence-corrected chi connectivity index (χ1v) is 6.62. The van der Waals surface area contributed by atoms with Crippen molar-refractivity contribution in [1.29, 1.82) is 0 Å². The Morgan fingerprint density at radius 1 is 1.24 bits per heavy atom. The standard InChI is InChI=1S/C15H18ClN/c1-2-3-4-5-6-7-14-11-12-10-13(16)8-9-15(12)17-14/h6-11,17H,2-5H2,1H3/b7-6+. The molecule has 0 saturated heterocycles. The van der Waals surface area contributed by atoms with Crippen LogP contribution in [0.15, 0.2) is 30.3 Å². The van der Waals surface area contributed by atoms with Gasteiger partial charge in [-0.3, -0.25) is 0 Å². The van der Waals surface area contributed by atoms with Crippen LogP contribution in [0, 0.1) is 0 Å². The van der Waals surface area contributed by atoms with E-state index in [2.05, 4.69) is 30.1 Å². The highest BCUT2D eigenvalue weighted by atomic mass is 35.5. The van der Waals surface area contributed by atoms with E-state index in [1.165, 1.54) is 24.6 Å². The summed E-state index contributed by atoms with van der Waals surface area (Å²) in [7, 11) is 0. The summed E-state index contributed by atoms with van der Waals surface area (Å²) in [6, 6.07) is 8.06. The number of hydrogen-bond acceptors (Lipinski definition) is 0. The number of allylic oxidation sites excluding steroid dienone is 1. The number of unbranched alkanes of at least 4 members (excludes halogenated alkanes) is 3. The topological polar surface area (TPSA) is 15.8 Å². The number of halogens is 1. The number of nitrogens with one attached hydrogen (secondary N) is 1. The van der Waals surface area contributed by atoms with Gasteiger partial charge >= 0.3 is 0 Å². The largest absolute Gasteiger partial charge is 0.355 e. The van der Waals surface area contributed by atoms with E-state index in [4.69, 9.17) is 11.6 Å². The van der Waals surface area contributed by atoms with Crippen molar-refractivity contribution < 1.29 is 0 Å². The zero-order chi connectivity index (χ0) is 12.1. The van der Waals surface area contributed by atoms with Crippen LogP contribution >= 0.6 is 11.6 Å². The predicted molar refractivity (Wildman–Crippen MR) is 76.5 cm³/mol. The fourth-order valence-electron chi connectivity index (χ4n) is 1.94. The first-order chi connectivity index (χ1) is 8.29. The van der Waals surface area contributed by atoms with Gasteiger partial charge in [-0.05, 0) is 43.2 Å². The summed E-state index contributed by atoms with van der Waals surface area (Å²) in [4.78, 5) is 3.37. The van der Waals surface area contributed by atoms with Crippen molar-refractivity contribution in [2.75, 3.05) is 0 Å². The van der Waals surface area contributed by atoms with Crippen LogP contribution < -0.4 is 0 Å². The molecule has 0 unspecified atom stereocenters. The van der Waals surface area contributed by atoms with E-state index in [0.29, 0.717) is 0 Å². The second kappa shape index (κ2) is 5.92. The molecule has 0 atom stereocenters. The number of hydrogen-bond donors (Lipinski definition) is 1. The van der Waals surface area contributed by atoms with Gasteiger partial charge in [-0.1, -0.05) is 37.4 Å². The Labute approximate surface area is 107 Å². The van der Waals surface area contributed by atoms with Gasteiger partial charge in [0.2, 0.25) is 0 Å². The number of benzene rings is 1. The van der Waals surface area contributed by atoms with Gasteiger partial charge in [-0.25, -0.2) is 0 Å². The molecule has 0 fully saturated rings. The van der Waals surface area contributed by atoms with Crippen LogP contribution in [0.25, 0.3) is 17.0 Å². The Morgan fingerprint density at radius 2 is 2.12 bits per heavy atom. The molecule has 0 saturated carbocycles. The third-order valence-corrected chi connectivity index (χ3v) is 3.11. The predicted octanol–water partition coefficient (Wildman–Crippen LogP) is 5.41. The van der Waals surface area contributed by atoms with Crippen LogP contribution in [0.2, 0.25) is 5.02 Å². The second-order valence-electron chi connectivity index (χ2n) is 4.35. The Kier molecular flexibility index (Phi) is 4.27. The normalized spacial score (nSPS) is 11.6. The number of rotatable bonds is 5. The van der Waals surface area contributed by atoms with Gasteiger partial charge in [0.15, 0.2) is 0 Å². The summed E-state index contributed by atoms with van der Waals surface area (Å²) in [5.74, 6) is 0. The average Bonchev–Trinajstić information content (AvgIpc) is 2.70. The summed E-state index contributed by atoms with van der Waals surface area (Å²) in [5.41, 5.74) is 2.29. The lowest BCUT2D eigenvalue weighted by Gasteiger charge is -1.91. The molecule has 2 heteroatoms. The van der Waals surface area contributed by atoms with Crippen LogP contribution in [0.3, 0.4) is 0 Å². The number of aromatic amines is 1. The van der Waals surface area contributed by atoms with Gasteiger partial charge in [0, 0.05) is 21.6 Å². The van der Waals surface area contributed by atoms with Gasteiger partial charge in [0.05, 0.1) is 0 Å². The molecule has 0 bridgehead atoms. The molecule has 90 valence electrons. The molecule has 0 aliphatic rings. The lowest BCUT2D eigenvalue weighted by Crippen LogP contribution is -1.72. The zero-order valence-corrected chi connectivity index (χ0v) is 10.9. The molecular formula is C15H18ClN. The van der Waals surface area contributed by atoms with Crippen LogP contribution in [0.5, 0.6) is 0 Å². The number of fused-ring (bicyclic) bond motifs is 1. The summed E-state index contributed by atoms with van der Waals surface area (Å²) < 4.78 is 0. The highest BCUT2D eigenvalue weighted by Crippen LogP contribution is 2.20. The van der Waals surface area contributed by atoms with Crippen LogP contribution in [-0.4, -0.2) is 4.98 Å². The van der Waals surface area contributed by atoms with Crippen molar-refractivity contribution in [3.8, 4) is 0 Å². The summed E-state index contributed by atoms with van der Waals surface area (Å²) in [5, 5.41) is 1.96. The molecule has 1 heterocycles. The SMILES string of the molecule is CCCCC/C=C/c1cc2cc(Cl)ccc2[nH]1. The zero-order valence-electron chi connectivity index (χ0n) is 10.2. The Morgan fingerprint density at radius 3 is 2.94 bits per heavy atom. The van der Waals surface area contributed by atoms with Crippen LogP contribution in [0.1, 0.15) is 38.3 Å². The van der Waals surface area contributed by atoms with E-state index in [-0.39, 0.29) is 0 Å². The van der Waals surface area contributed by atoms with Gasteiger partial charge in [-0.15, -0.1) is 0 Å². The van der Waals surface area contributed by atoms with Crippen molar-refractivity contribution in [1.82, 2.24) is 4.98 Å². The lowest BCUT2D eigenvalue weighted by atomic mass is 10.2. The molecular weight excluding hydrogens is 230 g/mol. The van der Waals surface area contributed by atoms with Crippen molar-refractivity contribution in [2.45, 2.75) is 32.6 Å². The minimum atomic E-state index is 0.787. The molecule has 1 nitrogen and oxygen atoms in total. The van der Waals surface area contributed by atoms with E-state index < -0.39 is 0 Å². The summed E-state index contributed by atoms with van der Waals surface area (Å²) in [6.45, 7) is 2.23. The fraction of sp³-hybridized carbons (Fsp3) is 0.333. The first kappa shape index (κ1) is 12.3. The third kappa shape index (κ3) is 3.37. The highest BCUT2D eigenvalue weighted by Gasteiger charge is 1.98. The van der Waals surface area contributed by atoms with E-state index in [1.54, 1.807) is 0 Å². The molecule has 0 aliphatic heterocycles. The number of H-pyrrole nitrogens is 1. The maximum atomic E-state index is 5.96. The highest BCUT2D eigenvalue weighted by molar-refractivity contribution is 6.31. The van der Waals surface area contributed by atoms with Gasteiger partial charge < -0.3 is 4.98 Å². The van der Waals surface area contributed by atoms with Gasteiger partial charge in [0.25, 0.3) is 0 Å². The molecule has 0 radical (unpaired) electrons. The third-order valence-electron chi connectivity index (χ3n) is 2.88. The Hall–Kier alpha value is -1.21. The smallest absolute Gasteiger partial charge is 0.0459 e. The van der Waals surface area contributed by atoms with Crippen LogP contribution in [-0.2, 0) is 0 Å². The molecule has 0 aliphatic carbocycles. The average molecular weight is 248 g/mol. The minimum Gasteiger partial charge on any atom is -0.355 e. The van der Waals surface area contributed by atoms with E-state index in [1.807, 2.05) is 18.2 Å². The Bertz CT molecular complexity index is 511. The lowest BCUT2D eigenvalue weighted by molar-refractivity contribution is 0.730. The van der Waals surface area contributed by atoms with Crippen molar-refractivity contribution in [3.05, 3.63) is 41.1 Å². The minimum absolute atomic E-state index is 0.787. The second-order valence-corrected chi connectivity index (χ2v) is 4.79. The Balaban J connectivity index is 2.04. The molecule has 1 aromatic carbocycles. The molecule has 17 heavy (non-hydrogen) atoms. The van der Waals surface area contributed by atoms with Gasteiger partial charge in [-0.2, -0.15) is 0 Å². The maximum Gasteiger partial charge on any atom is 0.0459 e. The molecule has 0 amide bonds. The molecule has 0 spiro atoms. The fourth-order valence-corrected chi connectivity index (χ4v) is 2.12.